The molecule has 0 fully saturated rings. The molecule has 0 aliphatic carbocycles. The molecule has 7 nitrogen and oxygen atoms in total. The molecule has 2 rings (SSSR count). The summed E-state index contributed by atoms with van der Waals surface area (Å²) < 4.78 is 1.05. The van der Waals surface area contributed by atoms with Gasteiger partial charge < -0.3 is 5.32 Å². The van der Waals surface area contributed by atoms with Crippen molar-refractivity contribution < 1.29 is 9.72 Å². The number of aromatic nitrogens is 1. The average molecular weight is 315 g/mol. The Morgan fingerprint density at radius 2 is 1.91 bits per heavy atom. The van der Waals surface area contributed by atoms with Gasteiger partial charge in [-0.25, -0.2) is 0 Å². The summed E-state index contributed by atoms with van der Waals surface area (Å²) in [5.74, 6) is -0.418. The molecule has 1 amide bonds. The zero-order valence-electron chi connectivity index (χ0n) is 13.1. The summed E-state index contributed by atoms with van der Waals surface area (Å²) in [5, 5.41) is 13.6. The first-order chi connectivity index (χ1) is 10.8. The van der Waals surface area contributed by atoms with Crippen LogP contribution in [0.4, 0.5) is 11.4 Å². The van der Waals surface area contributed by atoms with Gasteiger partial charge in [-0.1, -0.05) is 17.7 Å². The van der Waals surface area contributed by atoms with Gasteiger partial charge >= 0.3 is 0 Å². The maximum Gasteiger partial charge on any atom is 0.286 e. The molecule has 1 heterocycles. The lowest BCUT2D eigenvalue weighted by Crippen LogP contribution is -2.28. The molecule has 120 valence electrons. The first-order valence-corrected chi connectivity index (χ1v) is 7.00. The summed E-state index contributed by atoms with van der Waals surface area (Å²) >= 11 is 0. The largest absolute Gasteiger partial charge is 0.324 e. The molecule has 0 unspecified atom stereocenters. The number of hydrogen-bond donors (Lipinski definition) is 1. The van der Waals surface area contributed by atoms with E-state index in [2.05, 4.69) is 5.32 Å². The molecule has 1 aromatic carbocycles. The molecule has 0 aliphatic rings. The Hall–Kier alpha value is -2.96. The smallest absolute Gasteiger partial charge is 0.286 e. The second-order valence-electron chi connectivity index (χ2n) is 5.44. The van der Waals surface area contributed by atoms with E-state index in [0.717, 1.165) is 21.9 Å². The molecule has 0 radical (unpaired) electrons. The van der Waals surface area contributed by atoms with Crippen LogP contribution in [-0.4, -0.2) is 15.4 Å². The highest BCUT2D eigenvalue weighted by molar-refractivity contribution is 5.91. The van der Waals surface area contributed by atoms with Gasteiger partial charge in [-0.05, 0) is 32.4 Å². The number of pyridine rings is 1. The van der Waals surface area contributed by atoms with E-state index < -0.39 is 16.4 Å². The predicted molar refractivity (Wildman–Crippen MR) is 86.6 cm³/mol. The quantitative estimate of drug-likeness (QED) is 0.692. The van der Waals surface area contributed by atoms with Crippen molar-refractivity contribution in [1.82, 2.24) is 4.57 Å². The van der Waals surface area contributed by atoms with Gasteiger partial charge in [-0.15, -0.1) is 0 Å². The van der Waals surface area contributed by atoms with Gasteiger partial charge in [0.15, 0.2) is 0 Å². The van der Waals surface area contributed by atoms with Crippen molar-refractivity contribution >= 4 is 17.3 Å². The minimum Gasteiger partial charge on any atom is -0.324 e. The molecule has 0 atom stereocenters. The number of benzene rings is 1. The first kappa shape index (κ1) is 16.4. The number of nitrogens with zero attached hydrogens (tertiary/aromatic N) is 2. The van der Waals surface area contributed by atoms with Crippen molar-refractivity contribution in [2.24, 2.45) is 0 Å². The number of carbonyl (C=O) groups is 1. The van der Waals surface area contributed by atoms with Crippen LogP contribution in [0.1, 0.15) is 16.7 Å². The van der Waals surface area contributed by atoms with Crippen LogP contribution in [0.3, 0.4) is 0 Å². The molecule has 0 aliphatic heterocycles. The number of anilines is 1. The SMILES string of the molecule is Cc1ccc(NC(=O)Cn2cc([N+](=O)[O-])cc(C)c2=O)c(C)c1. The summed E-state index contributed by atoms with van der Waals surface area (Å²) in [5.41, 5.74) is 2.20. The molecule has 0 bridgehead atoms. The Labute approximate surface area is 132 Å². The number of nitrogens with one attached hydrogen (secondary N) is 1. The van der Waals surface area contributed by atoms with Crippen LogP contribution in [-0.2, 0) is 11.3 Å². The molecule has 0 spiro atoms. The summed E-state index contributed by atoms with van der Waals surface area (Å²) in [6.45, 7) is 5.01. The third-order valence-corrected chi connectivity index (χ3v) is 3.43. The molecule has 23 heavy (non-hydrogen) atoms. The minimum atomic E-state index is -0.592. The van der Waals surface area contributed by atoms with Crippen LogP contribution in [0.5, 0.6) is 0 Å². The lowest BCUT2D eigenvalue weighted by atomic mass is 10.1. The highest BCUT2D eigenvalue weighted by Gasteiger charge is 2.14. The van der Waals surface area contributed by atoms with Gasteiger partial charge in [0.25, 0.3) is 11.2 Å². The van der Waals surface area contributed by atoms with Crippen LogP contribution >= 0.6 is 0 Å². The number of nitro groups is 1. The van der Waals surface area contributed by atoms with Crippen molar-refractivity contribution in [1.29, 1.82) is 0 Å². The van der Waals surface area contributed by atoms with Crippen molar-refractivity contribution in [2.45, 2.75) is 27.3 Å². The van der Waals surface area contributed by atoms with Gasteiger partial charge in [0.2, 0.25) is 5.91 Å². The molecule has 0 saturated heterocycles. The van der Waals surface area contributed by atoms with E-state index in [1.54, 1.807) is 6.07 Å². The highest BCUT2D eigenvalue weighted by Crippen LogP contribution is 2.16. The second-order valence-corrected chi connectivity index (χ2v) is 5.44. The zero-order valence-corrected chi connectivity index (χ0v) is 13.1. The monoisotopic (exact) mass is 315 g/mol. The normalized spacial score (nSPS) is 10.4. The van der Waals surface area contributed by atoms with Crippen molar-refractivity contribution in [3.05, 3.63) is 67.6 Å². The van der Waals surface area contributed by atoms with Gasteiger partial charge in [-0.2, -0.15) is 0 Å². The summed E-state index contributed by atoms with van der Waals surface area (Å²) in [4.78, 5) is 34.4. The zero-order chi connectivity index (χ0) is 17.1. The third-order valence-electron chi connectivity index (χ3n) is 3.43. The van der Waals surface area contributed by atoms with Crippen molar-refractivity contribution in [2.75, 3.05) is 5.32 Å². The highest BCUT2D eigenvalue weighted by atomic mass is 16.6. The van der Waals surface area contributed by atoms with Gasteiger partial charge in [-0.3, -0.25) is 24.3 Å². The Kier molecular flexibility index (Phi) is 4.59. The molecule has 1 aromatic heterocycles. The Morgan fingerprint density at radius 3 is 2.52 bits per heavy atom. The number of rotatable bonds is 4. The number of amides is 1. The number of hydrogen-bond acceptors (Lipinski definition) is 4. The maximum absolute atomic E-state index is 12.1. The van der Waals surface area contributed by atoms with Crippen molar-refractivity contribution in [3.63, 3.8) is 0 Å². The van der Waals surface area contributed by atoms with E-state index in [4.69, 9.17) is 0 Å². The lowest BCUT2D eigenvalue weighted by molar-refractivity contribution is -0.385. The lowest BCUT2D eigenvalue weighted by Gasteiger charge is -2.10. The van der Waals surface area contributed by atoms with E-state index in [-0.39, 0.29) is 17.8 Å². The van der Waals surface area contributed by atoms with E-state index in [1.165, 1.54) is 13.0 Å². The number of carbonyl (C=O) groups excluding carboxylic acids is 1. The van der Waals surface area contributed by atoms with Gasteiger partial charge in [0.05, 0.1) is 11.1 Å². The number of aryl methyl sites for hydroxylation is 3. The fraction of sp³-hybridized carbons (Fsp3) is 0.250. The average Bonchev–Trinajstić information content (AvgIpc) is 2.46. The fourth-order valence-electron chi connectivity index (χ4n) is 2.28. The molecular weight excluding hydrogens is 298 g/mol. The second kappa shape index (κ2) is 6.43. The van der Waals surface area contributed by atoms with Crippen LogP contribution in [0.2, 0.25) is 0 Å². The Balaban J connectivity index is 2.23. The Morgan fingerprint density at radius 1 is 1.22 bits per heavy atom. The summed E-state index contributed by atoms with van der Waals surface area (Å²) in [6, 6.07) is 6.77. The Bertz CT molecular complexity index is 840. The van der Waals surface area contributed by atoms with Gasteiger partial charge in [0, 0.05) is 17.3 Å². The topological polar surface area (TPSA) is 94.2 Å². The van der Waals surface area contributed by atoms with E-state index in [9.17, 15) is 19.7 Å². The van der Waals surface area contributed by atoms with Crippen LogP contribution < -0.4 is 10.9 Å². The fourth-order valence-corrected chi connectivity index (χ4v) is 2.28. The summed E-state index contributed by atoms with van der Waals surface area (Å²) in [7, 11) is 0. The first-order valence-electron chi connectivity index (χ1n) is 7.00. The molecule has 0 saturated carbocycles. The van der Waals surface area contributed by atoms with E-state index in [1.807, 2.05) is 26.0 Å². The van der Waals surface area contributed by atoms with Crippen LogP contribution in [0.15, 0.2) is 35.3 Å². The van der Waals surface area contributed by atoms with E-state index in [0.29, 0.717) is 5.69 Å². The predicted octanol–water partition coefficient (Wildman–Crippen LogP) is 2.32. The van der Waals surface area contributed by atoms with E-state index >= 15 is 0 Å². The standard InChI is InChI=1S/C16H17N3O4/c1-10-4-5-14(11(2)6-10)17-15(20)9-18-8-13(19(22)23)7-12(3)16(18)21/h4-8H,9H2,1-3H3,(H,17,20). The third kappa shape index (κ3) is 3.82. The maximum atomic E-state index is 12.1. The van der Waals surface area contributed by atoms with Crippen LogP contribution in [0, 0.1) is 30.9 Å². The molecule has 1 N–H and O–H groups in total. The minimum absolute atomic E-state index is 0.221. The van der Waals surface area contributed by atoms with Crippen molar-refractivity contribution in [3.8, 4) is 0 Å². The molecular formula is C16H17N3O4. The van der Waals surface area contributed by atoms with Crippen LogP contribution in [0.25, 0.3) is 0 Å². The van der Waals surface area contributed by atoms with Gasteiger partial charge in [0.1, 0.15) is 6.54 Å². The summed E-state index contributed by atoms with van der Waals surface area (Å²) in [6.07, 6.45) is 1.08. The molecule has 2 aromatic rings. The molecule has 7 heteroatoms.